The van der Waals surface area contributed by atoms with Crippen molar-refractivity contribution >= 4 is 5.97 Å². The number of rotatable bonds is 3. The predicted octanol–water partition coefficient (Wildman–Crippen LogP) is 3.04. The van der Waals surface area contributed by atoms with Crippen molar-refractivity contribution < 1.29 is 36.2 Å². The van der Waals surface area contributed by atoms with E-state index in [1.165, 1.54) is 6.92 Å². The van der Waals surface area contributed by atoms with E-state index in [4.69, 9.17) is 0 Å². The van der Waals surface area contributed by atoms with Crippen LogP contribution in [-0.4, -0.2) is 18.9 Å². The van der Waals surface area contributed by atoms with Gasteiger partial charge in [0.05, 0.1) is 12.2 Å². The summed E-state index contributed by atoms with van der Waals surface area (Å²) in [7, 11) is 0. The van der Waals surface area contributed by atoms with Crippen LogP contribution in [0.3, 0.4) is 0 Å². The Morgan fingerprint density at radius 3 is 2.11 bits per heavy atom. The Balaban J connectivity index is 3.09. The van der Waals surface area contributed by atoms with Crippen LogP contribution in [0.1, 0.15) is 17.3 Å². The van der Waals surface area contributed by atoms with E-state index >= 15 is 0 Å². The summed E-state index contributed by atoms with van der Waals surface area (Å²) >= 11 is 0. The van der Waals surface area contributed by atoms with Crippen LogP contribution in [-0.2, 0) is 4.74 Å². The van der Waals surface area contributed by atoms with E-state index in [1.807, 2.05) is 0 Å². The Morgan fingerprint density at radius 2 is 1.72 bits per heavy atom. The Labute approximate surface area is 98.1 Å². The molecule has 1 aromatic rings. The highest BCUT2D eigenvalue weighted by atomic mass is 19.4. The van der Waals surface area contributed by atoms with Crippen molar-refractivity contribution in [3.8, 4) is 5.75 Å². The fourth-order valence-corrected chi connectivity index (χ4v) is 1.11. The van der Waals surface area contributed by atoms with Crippen LogP contribution in [0.5, 0.6) is 5.75 Å². The quantitative estimate of drug-likeness (QED) is 0.625. The third-order valence-corrected chi connectivity index (χ3v) is 1.73. The maximum Gasteiger partial charge on any atom is 0.573 e. The molecule has 1 aromatic carbocycles. The van der Waals surface area contributed by atoms with Crippen molar-refractivity contribution in [2.75, 3.05) is 6.61 Å². The van der Waals surface area contributed by atoms with Gasteiger partial charge in [-0.3, -0.25) is 0 Å². The van der Waals surface area contributed by atoms with Gasteiger partial charge in [-0.1, -0.05) is 0 Å². The number of carbonyl (C=O) groups excluding carboxylic acids is 1. The zero-order chi connectivity index (χ0) is 13.9. The number of ether oxygens (including phenoxy) is 2. The summed E-state index contributed by atoms with van der Waals surface area (Å²) < 4.78 is 69.4. The van der Waals surface area contributed by atoms with Gasteiger partial charge < -0.3 is 9.47 Å². The van der Waals surface area contributed by atoms with Gasteiger partial charge in [0.15, 0.2) is 11.6 Å². The van der Waals surface area contributed by atoms with Gasteiger partial charge in [-0.15, -0.1) is 13.2 Å². The van der Waals surface area contributed by atoms with E-state index in [9.17, 15) is 26.7 Å². The maximum absolute atomic E-state index is 13.2. The Morgan fingerprint density at radius 1 is 1.22 bits per heavy atom. The van der Waals surface area contributed by atoms with E-state index < -0.39 is 35.3 Å². The lowest BCUT2D eigenvalue weighted by atomic mass is 10.2. The SMILES string of the molecule is CCOC(=O)c1cc(F)c(OC(F)(F)F)c(F)c1. The van der Waals surface area contributed by atoms with Crippen molar-refractivity contribution in [3.63, 3.8) is 0 Å². The fourth-order valence-electron chi connectivity index (χ4n) is 1.11. The fraction of sp³-hybridized carbons (Fsp3) is 0.300. The van der Waals surface area contributed by atoms with Gasteiger partial charge in [0.2, 0.25) is 5.75 Å². The first-order valence-electron chi connectivity index (χ1n) is 4.66. The molecule has 0 bridgehead atoms. The molecule has 100 valence electrons. The largest absolute Gasteiger partial charge is 0.573 e. The smallest absolute Gasteiger partial charge is 0.462 e. The Kier molecular flexibility index (Phi) is 4.10. The van der Waals surface area contributed by atoms with E-state index in [0.29, 0.717) is 12.1 Å². The lowest BCUT2D eigenvalue weighted by Gasteiger charge is -2.11. The molecular weight excluding hydrogens is 263 g/mol. The van der Waals surface area contributed by atoms with Crippen LogP contribution in [0.2, 0.25) is 0 Å². The monoisotopic (exact) mass is 270 g/mol. The molecule has 0 aliphatic heterocycles. The van der Waals surface area contributed by atoms with Crippen molar-refractivity contribution in [1.29, 1.82) is 0 Å². The van der Waals surface area contributed by atoms with Crippen molar-refractivity contribution in [3.05, 3.63) is 29.3 Å². The molecule has 0 amide bonds. The second-order valence-corrected chi connectivity index (χ2v) is 3.04. The number of hydrogen-bond donors (Lipinski definition) is 0. The van der Waals surface area contributed by atoms with Crippen LogP contribution >= 0.6 is 0 Å². The molecule has 0 atom stereocenters. The number of esters is 1. The van der Waals surface area contributed by atoms with Gasteiger partial charge in [-0.2, -0.15) is 0 Å². The molecule has 0 aliphatic carbocycles. The van der Waals surface area contributed by atoms with Gasteiger partial charge in [0.25, 0.3) is 0 Å². The zero-order valence-electron chi connectivity index (χ0n) is 8.98. The van der Waals surface area contributed by atoms with Gasteiger partial charge in [0.1, 0.15) is 0 Å². The van der Waals surface area contributed by atoms with E-state index in [0.717, 1.165) is 0 Å². The molecule has 0 aromatic heterocycles. The molecule has 0 saturated heterocycles. The highest BCUT2D eigenvalue weighted by molar-refractivity contribution is 5.89. The third kappa shape index (κ3) is 3.57. The highest BCUT2D eigenvalue weighted by Gasteiger charge is 2.34. The van der Waals surface area contributed by atoms with Crippen molar-refractivity contribution in [1.82, 2.24) is 0 Å². The maximum atomic E-state index is 13.2. The topological polar surface area (TPSA) is 35.5 Å². The Hall–Kier alpha value is -1.86. The van der Waals surface area contributed by atoms with Crippen LogP contribution < -0.4 is 4.74 Å². The van der Waals surface area contributed by atoms with Gasteiger partial charge >= 0.3 is 12.3 Å². The van der Waals surface area contributed by atoms with Gasteiger partial charge in [-0.05, 0) is 19.1 Å². The van der Waals surface area contributed by atoms with Crippen molar-refractivity contribution in [2.24, 2.45) is 0 Å². The van der Waals surface area contributed by atoms with E-state index in [2.05, 4.69) is 9.47 Å². The molecule has 0 heterocycles. The molecule has 18 heavy (non-hydrogen) atoms. The second-order valence-electron chi connectivity index (χ2n) is 3.04. The van der Waals surface area contributed by atoms with Crippen LogP contribution in [0.4, 0.5) is 22.0 Å². The first-order chi connectivity index (χ1) is 8.24. The second kappa shape index (κ2) is 5.19. The van der Waals surface area contributed by atoms with Crippen LogP contribution in [0.25, 0.3) is 0 Å². The summed E-state index contributed by atoms with van der Waals surface area (Å²) in [6.07, 6.45) is -5.23. The summed E-state index contributed by atoms with van der Waals surface area (Å²) in [6.45, 7) is 1.43. The minimum absolute atomic E-state index is 0.0388. The minimum atomic E-state index is -5.23. The first kappa shape index (κ1) is 14.2. The molecule has 0 spiro atoms. The average molecular weight is 270 g/mol. The number of hydrogen-bond acceptors (Lipinski definition) is 3. The summed E-state index contributed by atoms with van der Waals surface area (Å²) in [5, 5.41) is 0. The van der Waals surface area contributed by atoms with Crippen molar-refractivity contribution in [2.45, 2.75) is 13.3 Å². The highest BCUT2D eigenvalue weighted by Crippen LogP contribution is 2.29. The van der Waals surface area contributed by atoms with Gasteiger partial charge in [0, 0.05) is 0 Å². The molecule has 3 nitrogen and oxygen atoms in total. The molecule has 0 saturated carbocycles. The van der Waals surface area contributed by atoms with Crippen LogP contribution in [0, 0.1) is 11.6 Å². The number of alkyl halides is 3. The zero-order valence-corrected chi connectivity index (χ0v) is 8.98. The van der Waals surface area contributed by atoms with Crippen LogP contribution in [0.15, 0.2) is 12.1 Å². The summed E-state index contributed by atoms with van der Waals surface area (Å²) in [5.74, 6) is -5.95. The molecule has 0 unspecified atom stereocenters. The molecule has 0 radical (unpaired) electrons. The summed E-state index contributed by atoms with van der Waals surface area (Å²) in [6, 6.07) is 0.810. The lowest BCUT2D eigenvalue weighted by molar-refractivity contribution is -0.276. The number of carbonyl (C=O) groups is 1. The number of benzene rings is 1. The molecule has 0 fully saturated rings. The normalized spacial score (nSPS) is 11.2. The average Bonchev–Trinajstić information content (AvgIpc) is 2.22. The van der Waals surface area contributed by atoms with E-state index in [-0.39, 0.29) is 6.61 Å². The molecule has 1 rings (SSSR count). The standard InChI is InChI=1S/C10H7F5O3/c1-2-17-9(16)5-3-6(11)8(7(12)4-5)18-10(13,14)15/h3-4H,2H2,1H3. The number of halogens is 5. The van der Waals surface area contributed by atoms with Gasteiger partial charge in [-0.25, -0.2) is 13.6 Å². The molecule has 0 aliphatic rings. The predicted molar refractivity (Wildman–Crippen MR) is 49.0 cm³/mol. The lowest BCUT2D eigenvalue weighted by Crippen LogP contribution is -2.19. The molecule has 8 heteroatoms. The Bertz CT molecular complexity index is 432. The first-order valence-corrected chi connectivity index (χ1v) is 4.66. The molecular formula is C10H7F5O3. The minimum Gasteiger partial charge on any atom is -0.462 e. The third-order valence-electron chi connectivity index (χ3n) is 1.73. The van der Waals surface area contributed by atoms with E-state index in [1.54, 1.807) is 0 Å². The summed E-state index contributed by atoms with van der Waals surface area (Å²) in [4.78, 5) is 11.1. The summed E-state index contributed by atoms with van der Waals surface area (Å²) in [5.41, 5.74) is -0.540. The molecule has 0 N–H and O–H groups in total.